The molecule has 180 valence electrons. The number of ether oxygens (including phenoxy) is 1. The zero-order valence-corrected chi connectivity index (χ0v) is 19.1. The van der Waals surface area contributed by atoms with E-state index in [0.717, 1.165) is 31.4 Å². The van der Waals surface area contributed by atoms with E-state index < -0.39 is 28.1 Å². The molecule has 0 spiro atoms. The van der Waals surface area contributed by atoms with Gasteiger partial charge in [0.15, 0.2) is 11.5 Å². The molecule has 0 unspecified atom stereocenters. The van der Waals surface area contributed by atoms with Gasteiger partial charge in [0, 0.05) is 11.6 Å². The summed E-state index contributed by atoms with van der Waals surface area (Å²) in [6, 6.07) is 6.21. The Morgan fingerprint density at radius 2 is 1.52 bits per heavy atom. The molecule has 0 atom stereocenters. The maximum Gasteiger partial charge on any atom is 0.344 e. The van der Waals surface area contributed by atoms with Crippen molar-refractivity contribution in [2.24, 2.45) is 0 Å². The summed E-state index contributed by atoms with van der Waals surface area (Å²) >= 11 is 0. The molecule has 33 heavy (non-hydrogen) atoms. The molecule has 0 radical (unpaired) electrons. The summed E-state index contributed by atoms with van der Waals surface area (Å²) in [4.78, 5) is 23.0. The van der Waals surface area contributed by atoms with Gasteiger partial charge in [0.05, 0.1) is 16.6 Å². The van der Waals surface area contributed by atoms with Crippen molar-refractivity contribution in [1.82, 2.24) is 0 Å². The molecule has 8 heteroatoms. The molecule has 0 bridgehead atoms. The Hall–Kier alpha value is -3.29. The van der Waals surface area contributed by atoms with Crippen LogP contribution in [0.3, 0.4) is 0 Å². The number of carbonyl (C=O) groups excluding carboxylic acids is 1. The molecular weight excluding hydrogens is 426 g/mol. The number of nitro benzene ring substituents is 1. The SMILES string of the molecule is CCCCCCCCCCCCc1c(C(=O)Oc2cccc([N+](=O)[O-])c2)cc(O)c(O)c1O. The van der Waals surface area contributed by atoms with Crippen LogP contribution in [0.1, 0.15) is 87.1 Å². The van der Waals surface area contributed by atoms with Crippen molar-refractivity contribution in [1.29, 1.82) is 0 Å². The third-order valence-electron chi connectivity index (χ3n) is 5.60. The first-order chi connectivity index (χ1) is 15.8. The highest BCUT2D eigenvalue weighted by Gasteiger charge is 2.23. The summed E-state index contributed by atoms with van der Waals surface area (Å²) in [5.41, 5.74) is -0.146. The highest BCUT2D eigenvalue weighted by atomic mass is 16.6. The van der Waals surface area contributed by atoms with Crippen molar-refractivity contribution in [3.63, 3.8) is 0 Å². The molecule has 3 N–H and O–H groups in total. The van der Waals surface area contributed by atoms with Crippen molar-refractivity contribution in [3.05, 3.63) is 51.6 Å². The molecule has 0 heterocycles. The fraction of sp³-hybridized carbons (Fsp3) is 0.480. The lowest BCUT2D eigenvalue weighted by atomic mass is 9.98. The summed E-state index contributed by atoms with van der Waals surface area (Å²) in [7, 11) is 0. The van der Waals surface area contributed by atoms with Crippen LogP contribution in [0, 0.1) is 10.1 Å². The highest BCUT2D eigenvalue weighted by molar-refractivity contribution is 5.94. The Morgan fingerprint density at radius 3 is 2.12 bits per heavy atom. The number of benzene rings is 2. The molecule has 0 amide bonds. The Balaban J connectivity index is 1.98. The van der Waals surface area contributed by atoms with Crippen LogP contribution in [-0.4, -0.2) is 26.2 Å². The van der Waals surface area contributed by atoms with Gasteiger partial charge in [-0.2, -0.15) is 0 Å². The number of rotatable bonds is 14. The quantitative estimate of drug-likeness (QED) is 0.0744. The van der Waals surface area contributed by atoms with E-state index in [4.69, 9.17) is 4.74 Å². The zero-order chi connectivity index (χ0) is 24.2. The number of non-ortho nitro benzene ring substituents is 1. The number of hydrogen-bond donors (Lipinski definition) is 3. The Morgan fingerprint density at radius 1 is 0.909 bits per heavy atom. The number of hydrogen-bond acceptors (Lipinski definition) is 7. The van der Waals surface area contributed by atoms with Crippen LogP contribution in [0.25, 0.3) is 0 Å². The minimum Gasteiger partial charge on any atom is -0.504 e. The summed E-state index contributed by atoms with van der Waals surface area (Å²) in [5, 5.41) is 41.1. The Bertz CT molecular complexity index is 943. The van der Waals surface area contributed by atoms with Crippen molar-refractivity contribution in [2.75, 3.05) is 0 Å². The lowest BCUT2D eigenvalue weighted by molar-refractivity contribution is -0.384. The maximum atomic E-state index is 12.7. The first-order valence-corrected chi connectivity index (χ1v) is 11.6. The van der Waals surface area contributed by atoms with Gasteiger partial charge in [0.1, 0.15) is 5.75 Å². The van der Waals surface area contributed by atoms with Gasteiger partial charge in [-0.1, -0.05) is 70.8 Å². The second-order valence-corrected chi connectivity index (χ2v) is 8.19. The molecule has 2 aromatic rings. The van der Waals surface area contributed by atoms with E-state index in [9.17, 15) is 30.2 Å². The lowest BCUT2D eigenvalue weighted by Gasteiger charge is -2.13. The minimum absolute atomic E-state index is 0.0360. The molecular formula is C25H33NO7. The van der Waals surface area contributed by atoms with Crippen LogP contribution in [-0.2, 0) is 6.42 Å². The lowest BCUT2D eigenvalue weighted by Crippen LogP contribution is -2.12. The second-order valence-electron chi connectivity index (χ2n) is 8.19. The smallest absolute Gasteiger partial charge is 0.344 e. The number of phenols is 3. The van der Waals surface area contributed by atoms with Crippen LogP contribution < -0.4 is 4.74 Å². The number of esters is 1. The Kier molecular flexibility index (Phi) is 10.5. The van der Waals surface area contributed by atoms with Gasteiger partial charge in [0.2, 0.25) is 5.75 Å². The molecule has 2 aromatic carbocycles. The van der Waals surface area contributed by atoms with Gasteiger partial charge in [0.25, 0.3) is 5.69 Å². The van der Waals surface area contributed by atoms with E-state index in [1.54, 1.807) is 0 Å². The fourth-order valence-corrected chi connectivity index (χ4v) is 3.73. The van der Waals surface area contributed by atoms with Crippen LogP contribution in [0.5, 0.6) is 23.0 Å². The topological polar surface area (TPSA) is 130 Å². The summed E-state index contributed by atoms with van der Waals surface area (Å²) in [5.74, 6) is -2.82. The summed E-state index contributed by atoms with van der Waals surface area (Å²) in [6.45, 7) is 2.20. The van der Waals surface area contributed by atoms with E-state index in [1.165, 1.54) is 56.7 Å². The Labute approximate surface area is 194 Å². The molecule has 2 rings (SSSR count). The molecule has 0 fully saturated rings. The van der Waals surface area contributed by atoms with Gasteiger partial charge < -0.3 is 20.1 Å². The molecule has 0 aromatic heterocycles. The van der Waals surface area contributed by atoms with Gasteiger partial charge >= 0.3 is 5.97 Å². The predicted molar refractivity (Wildman–Crippen MR) is 125 cm³/mol. The zero-order valence-electron chi connectivity index (χ0n) is 19.1. The molecule has 0 saturated carbocycles. The van der Waals surface area contributed by atoms with Gasteiger partial charge in [-0.15, -0.1) is 0 Å². The van der Waals surface area contributed by atoms with E-state index >= 15 is 0 Å². The van der Waals surface area contributed by atoms with E-state index in [0.29, 0.717) is 12.8 Å². The van der Waals surface area contributed by atoms with Crippen molar-refractivity contribution in [2.45, 2.75) is 77.6 Å². The standard InChI is InChI=1S/C25H33NO7/c1-2-3-4-5-6-7-8-9-10-11-15-20-21(17-22(27)24(29)23(20)28)25(30)33-19-14-12-13-18(16-19)26(31)32/h12-14,16-17,27-29H,2-11,15H2,1H3. The number of aromatic hydroxyl groups is 3. The van der Waals surface area contributed by atoms with Gasteiger partial charge in [-0.25, -0.2) is 4.79 Å². The van der Waals surface area contributed by atoms with Crippen LogP contribution in [0.15, 0.2) is 30.3 Å². The van der Waals surface area contributed by atoms with E-state index in [1.807, 2.05) is 0 Å². The summed E-state index contributed by atoms with van der Waals surface area (Å²) < 4.78 is 5.23. The second kappa shape index (κ2) is 13.3. The van der Waals surface area contributed by atoms with Gasteiger partial charge in [-0.05, 0) is 25.0 Å². The molecule has 0 aliphatic carbocycles. The first kappa shape index (κ1) is 26.0. The number of nitrogens with zero attached hydrogens (tertiary/aromatic N) is 1. The van der Waals surface area contributed by atoms with Crippen LogP contribution in [0.4, 0.5) is 5.69 Å². The van der Waals surface area contributed by atoms with Crippen LogP contribution >= 0.6 is 0 Å². The maximum absolute atomic E-state index is 12.7. The normalized spacial score (nSPS) is 10.8. The van der Waals surface area contributed by atoms with E-state index in [2.05, 4.69) is 6.92 Å². The molecule has 0 aliphatic rings. The predicted octanol–water partition coefficient (Wildman–Crippen LogP) is 6.39. The number of nitro groups is 1. The third-order valence-corrected chi connectivity index (χ3v) is 5.60. The van der Waals surface area contributed by atoms with Crippen molar-refractivity contribution in [3.8, 4) is 23.0 Å². The number of unbranched alkanes of at least 4 members (excludes halogenated alkanes) is 9. The summed E-state index contributed by atoms with van der Waals surface area (Å²) in [6.07, 6.45) is 11.6. The molecule has 8 nitrogen and oxygen atoms in total. The van der Waals surface area contributed by atoms with Crippen molar-refractivity contribution < 1.29 is 29.8 Å². The van der Waals surface area contributed by atoms with Gasteiger partial charge in [-0.3, -0.25) is 10.1 Å². The molecule has 0 aliphatic heterocycles. The van der Waals surface area contributed by atoms with E-state index in [-0.39, 0.29) is 22.6 Å². The first-order valence-electron chi connectivity index (χ1n) is 11.6. The minimum atomic E-state index is -0.886. The largest absolute Gasteiger partial charge is 0.504 e. The number of carbonyl (C=O) groups is 1. The third kappa shape index (κ3) is 7.97. The highest BCUT2D eigenvalue weighted by Crippen LogP contribution is 2.40. The average Bonchev–Trinajstić information content (AvgIpc) is 2.79. The molecule has 0 saturated heterocycles. The average molecular weight is 460 g/mol. The number of phenolic OH excluding ortho intramolecular Hbond substituents is 3. The monoisotopic (exact) mass is 459 g/mol. The fourth-order valence-electron chi connectivity index (χ4n) is 3.73. The van der Waals surface area contributed by atoms with Crippen molar-refractivity contribution >= 4 is 11.7 Å². The van der Waals surface area contributed by atoms with Crippen LogP contribution in [0.2, 0.25) is 0 Å².